The lowest BCUT2D eigenvalue weighted by atomic mass is 9.88. The van der Waals surface area contributed by atoms with Crippen molar-refractivity contribution in [2.75, 3.05) is 32.8 Å². The maximum atomic E-state index is 14.2. The zero-order valence-corrected chi connectivity index (χ0v) is 25.3. The number of fused-ring (bicyclic) bond motifs is 2. The van der Waals surface area contributed by atoms with Crippen LogP contribution in [0.4, 0.5) is 4.39 Å². The molecule has 3 fully saturated rings. The maximum absolute atomic E-state index is 14.2. The highest BCUT2D eigenvalue weighted by molar-refractivity contribution is 5.95. The number of carbonyl (C=O) groups excluding carboxylic acids is 2. The van der Waals surface area contributed by atoms with E-state index in [1.54, 1.807) is 16.8 Å². The molecule has 2 aliphatic heterocycles. The van der Waals surface area contributed by atoms with Crippen LogP contribution < -0.4 is 5.73 Å². The van der Waals surface area contributed by atoms with Crippen LogP contribution in [0.5, 0.6) is 0 Å². The molecule has 2 atom stereocenters. The zero-order valence-electron chi connectivity index (χ0n) is 25.3. The van der Waals surface area contributed by atoms with Gasteiger partial charge in [0.05, 0.1) is 35.4 Å². The monoisotopic (exact) mass is 600 g/mol. The lowest BCUT2D eigenvalue weighted by Gasteiger charge is -2.32. The standard InChI is InChI=1S/C34H41FN6O3/c1-21-29-8-7-25(34(44)39-19-26(35)16-27(36)20-39)18-41(29)37-32(21)30-15-24-3-2-4-28(33(24)40(30)17-22-5-6-22)23-9-12-38(13-10-23)31(43)11-14-42/h2-4,7-8,15,18,22-23,26-27,42H,5-6,9-14,16-17,19-20,36H2,1H3/t26-,27-/m1/s1. The van der Waals surface area contributed by atoms with Crippen molar-refractivity contribution in [3.8, 4) is 11.4 Å². The topological polar surface area (TPSA) is 109 Å². The van der Waals surface area contributed by atoms with E-state index in [-0.39, 0.29) is 43.8 Å². The fraction of sp³-hybridized carbons (Fsp3) is 0.500. The van der Waals surface area contributed by atoms with Gasteiger partial charge in [0.15, 0.2) is 0 Å². The number of nitrogens with zero attached hydrogens (tertiary/aromatic N) is 5. The highest BCUT2D eigenvalue weighted by Crippen LogP contribution is 2.41. The van der Waals surface area contributed by atoms with Gasteiger partial charge in [-0.15, -0.1) is 0 Å². The largest absolute Gasteiger partial charge is 0.396 e. The molecule has 0 unspecified atom stereocenters. The molecular weight excluding hydrogens is 559 g/mol. The summed E-state index contributed by atoms with van der Waals surface area (Å²) in [4.78, 5) is 29.1. The molecule has 232 valence electrons. The molecule has 4 aromatic rings. The Balaban J connectivity index is 1.24. The molecule has 3 N–H and O–H groups in total. The van der Waals surface area contributed by atoms with Gasteiger partial charge >= 0.3 is 0 Å². The first kappa shape index (κ1) is 29.0. The van der Waals surface area contributed by atoms with Crippen molar-refractivity contribution < 1.29 is 19.1 Å². The van der Waals surface area contributed by atoms with Gasteiger partial charge in [-0.2, -0.15) is 5.10 Å². The average Bonchev–Trinajstić information content (AvgIpc) is 3.69. The number of para-hydroxylation sites is 1. The van der Waals surface area contributed by atoms with Crippen molar-refractivity contribution in [3.63, 3.8) is 0 Å². The number of rotatable bonds is 7. The third-order valence-electron chi connectivity index (χ3n) is 9.79. The fourth-order valence-corrected chi connectivity index (χ4v) is 7.29. The molecule has 9 nitrogen and oxygen atoms in total. The Morgan fingerprint density at radius 1 is 1.07 bits per heavy atom. The number of pyridine rings is 1. The minimum atomic E-state index is -1.11. The number of likely N-dealkylation sites (tertiary alicyclic amines) is 2. The third kappa shape index (κ3) is 5.38. The third-order valence-corrected chi connectivity index (χ3v) is 9.79. The number of halogens is 1. The van der Waals surface area contributed by atoms with Crippen LogP contribution in [0, 0.1) is 12.8 Å². The van der Waals surface area contributed by atoms with Gasteiger partial charge in [-0.05, 0) is 74.6 Å². The molecule has 5 heterocycles. The lowest BCUT2D eigenvalue weighted by molar-refractivity contribution is -0.132. The SMILES string of the molecule is Cc1c(-c2cc3cccc(C4CCN(C(=O)CCO)CC4)c3n2CC2CC2)nn2cc(C(=O)N3C[C@H](N)C[C@@H](F)C3)ccc12. The van der Waals surface area contributed by atoms with Gasteiger partial charge in [-0.3, -0.25) is 9.59 Å². The van der Waals surface area contributed by atoms with E-state index in [0.29, 0.717) is 37.0 Å². The molecule has 2 saturated heterocycles. The summed E-state index contributed by atoms with van der Waals surface area (Å²) in [6.07, 6.45) is 5.36. The molecular formula is C34H41FN6O3. The van der Waals surface area contributed by atoms with E-state index in [4.69, 9.17) is 10.8 Å². The first-order valence-corrected chi connectivity index (χ1v) is 16.0. The van der Waals surface area contributed by atoms with Crippen molar-refractivity contribution in [3.05, 3.63) is 59.3 Å². The molecule has 0 radical (unpaired) electrons. The molecule has 3 aromatic heterocycles. The number of alkyl halides is 1. The first-order valence-electron chi connectivity index (χ1n) is 16.0. The van der Waals surface area contributed by atoms with E-state index in [2.05, 4.69) is 35.8 Å². The number of aliphatic hydroxyl groups is 1. The van der Waals surface area contributed by atoms with Gasteiger partial charge in [0.25, 0.3) is 5.91 Å². The van der Waals surface area contributed by atoms with Crippen molar-refractivity contribution in [2.24, 2.45) is 11.7 Å². The van der Waals surface area contributed by atoms with Crippen LogP contribution in [0.2, 0.25) is 0 Å². The normalized spacial score (nSPS) is 21.5. The average molecular weight is 601 g/mol. The number of carbonyl (C=O) groups is 2. The van der Waals surface area contributed by atoms with E-state index in [1.165, 1.54) is 34.2 Å². The Hall–Kier alpha value is -3.76. The van der Waals surface area contributed by atoms with E-state index < -0.39 is 6.17 Å². The number of hydrogen-bond donors (Lipinski definition) is 2. The van der Waals surface area contributed by atoms with Gasteiger partial charge in [0.1, 0.15) is 11.9 Å². The second-order valence-electron chi connectivity index (χ2n) is 13.0. The van der Waals surface area contributed by atoms with Gasteiger partial charge in [0, 0.05) is 55.8 Å². The first-order chi connectivity index (χ1) is 21.3. The molecule has 10 heteroatoms. The molecule has 1 aliphatic carbocycles. The van der Waals surface area contributed by atoms with Crippen LogP contribution in [0.3, 0.4) is 0 Å². The van der Waals surface area contributed by atoms with Gasteiger partial charge in [-0.1, -0.05) is 18.2 Å². The summed E-state index contributed by atoms with van der Waals surface area (Å²) in [5, 5.41) is 15.4. The molecule has 7 rings (SSSR count). The maximum Gasteiger partial charge on any atom is 0.255 e. The Labute approximate surface area is 256 Å². The Kier molecular flexibility index (Phi) is 7.66. The summed E-state index contributed by atoms with van der Waals surface area (Å²) in [6, 6.07) is 12.2. The number of hydrogen-bond acceptors (Lipinski definition) is 5. The van der Waals surface area contributed by atoms with Gasteiger partial charge in [0.2, 0.25) is 5.91 Å². The minimum Gasteiger partial charge on any atom is -0.396 e. The smallest absolute Gasteiger partial charge is 0.255 e. The summed E-state index contributed by atoms with van der Waals surface area (Å²) in [6.45, 7) is 4.73. The number of piperidine rings is 2. The van der Waals surface area contributed by atoms with Crippen LogP contribution >= 0.6 is 0 Å². The Morgan fingerprint density at radius 3 is 2.59 bits per heavy atom. The van der Waals surface area contributed by atoms with Gasteiger partial charge in [-0.25, -0.2) is 8.91 Å². The predicted octanol–water partition coefficient (Wildman–Crippen LogP) is 4.27. The number of nitrogens with two attached hydrogens (primary N) is 1. The summed E-state index contributed by atoms with van der Waals surface area (Å²) in [5.74, 6) is 0.796. The van der Waals surface area contributed by atoms with Crippen molar-refractivity contribution in [1.29, 1.82) is 0 Å². The summed E-state index contributed by atoms with van der Waals surface area (Å²) in [7, 11) is 0. The molecule has 0 bridgehead atoms. The van der Waals surface area contributed by atoms with Gasteiger partial charge < -0.3 is 25.2 Å². The van der Waals surface area contributed by atoms with Crippen molar-refractivity contribution >= 4 is 28.2 Å². The molecule has 0 spiro atoms. The van der Waals surface area contributed by atoms with E-state index in [9.17, 15) is 19.1 Å². The zero-order chi connectivity index (χ0) is 30.5. The van der Waals surface area contributed by atoms with Crippen LogP contribution in [-0.4, -0.2) is 85.9 Å². The quantitative estimate of drug-likeness (QED) is 0.329. The highest BCUT2D eigenvalue weighted by Gasteiger charge is 2.31. The molecule has 1 aromatic carbocycles. The van der Waals surface area contributed by atoms with Crippen LogP contribution in [0.25, 0.3) is 27.8 Å². The van der Waals surface area contributed by atoms with Crippen LogP contribution in [0.15, 0.2) is 42.6 Å². The van der Waals surface area contributed by atoms with Crippen molar-refractivity contribution in [2.45, 2.75) is 70.1 Å². The number of aromatic nitrogens is 3. The molecule has 2 amide bonds. The number of aryl methyl sites for hydroxylation is 1. The van der Waals surface area contributed by atoms with E-state index >= 15 is 0 Å². The fourth-order valence-electron chi connectivity index (χ4n) is 7.29. The van der Waals surface area contributed by atoms with Crippen LogP contribution in [0.1, 0.15) is 65.9 Å². The Bertz CT molecular complexity index is 1710. The number of aliphatic hydroxyl groups excluding tert-OH is 1. The van der Waals surface area contributed by atoms with E-state index in [1.807, 2.05) is 11.0 Å². The number of benzene rings is 1. The molecule has 3 aliphatic rings. The van der Waals surface area contributed by atoms with Crippen molar-refractivity contribution in [1.82, 2.24) is 24.0 Å². The summed E-state index contributed by atoms with van der Waals surface area (Å²) in [5.41, 5.74) is 13.0. The minimum absolute atomic E-state index is 0.0295. The second-order valence-corrected chi connectivity index (χ2v) is 13.0. The second kappa shape index (κ2) is 11.6. The summed E-state index contributed by atoms with van der Waals surface area (Å²) < 4.78 is 18.4. The molecule has 44 heavy (non-hydrogen) atoms. The summed E-state index contributed by atoms with van der Waals surface area (Å²) >= 11 is 0. The predicted molar refractivity (Wildman–Crippen MR) is 167 cm³/mol. The van der Waals surface area contributed by atoms with Crippen LogP contribution in [-0.2, 0) is 11.3 Å². The van der Waals surface area contributed by atoms with E-state index in [0.717, 1.165) is 41.9 Å². The number of amides is 2. The highest BCUT2D eigenvalue weighted by atomic mass is 19.1. The molecule has 1 saturated carbocycles. The lowest BCUT2D eigenvalue weighted by Crippen LogP contribution is -2.50. The Morgan fingerprint density at radius 2 is 1.86 bits per heavy atom.